The Bertz CT molecular complexity index is 625. The molecule has 1 aliphatic rings. The molecule has 1 amide bonds. The lowest BCUT2D eigenvalue weighted by Gasteiger charge is -2.36. The molecule has 2 aromatic rings. The number of hydrogen-bond acceptors (Lipinski definition) is 5. The third kappa shape index (κ3) is 2.54. The molecule has 98 valence electrons. The minimum Gasteiger partial charge on any atom is -0.377 e. The van der Waals surface area contributed by atoms with Gasteiger partial charge in [-0.2, -0.15) is 0 Å². The van der Waals surface area contributed by atoms with Gasteiger partial charge in [-0.1, -0.05) is 0 Å². The molecule has 3 heterocycles. The molecule has 2 aromatic heterocycles. The van der Waals surface area contributed by atoms with E-state index >= 15 is 0 Å². The minimum atomic E-state index is -0.523. The molecular formula is C13H14N4O2. The number of nitrogens with one attached hydrogen (secondary N) is 1. The van der Waals surface area contributed by atoms with Gasteiger partial charge < -0.3 is 15.8 Å². The Kier molecular flexibility index (Phi) is 2.88. The number of amides is 1. The summed E-state index contributed by atoms with van der Waals surface area (Å²) < 4.78 is 5.02. The van der Waals surface area contributed by atoms with Crippen LogP contribution in [0.2, 0.25) is 0 Å². The third-order valence-corrected chi connectivity index (χ3v) is 3.05. The van der Waals surface area contributed by atoms with Crippen molar-refractivity contribution in [3.05, 3.63) is 30.6 Å². The van der Waals surface area contributed by atoms with Crippen molar-refractivity contribution in [2.45, 2.75) is 12.0 Å². The molecule has 0 saturated carbocycles. The van der Waals surface area contributed by atoms with E-state index in [0.717, 1.165) is 10.9 Å². The second kappa shape index (κ2) is 4.56. The van der Waals surface area contributed by atoms with Crippen molar-refractivity contribution in [3.8, 4) is 0 Å². The number of rotatable bonds is 3. The van der Waals surface area contributed by atoms with Crippen molar-refractivity contribution in [2.75, 3.05) is 18.5 Å². The Morgan fingerprint density at radius 2 is 2.26 bits per heavy atom. The van der Waals surface area contributed by atoms with Crippen LogP contribution in [0.3, 0.4) is 0 Å². The highest BCUT2D eigenvalue weighted by molar-refractivity contribution is 5.92. The highest BCUT2D eigenvalue weighted by Crippen LogP contribution is 2.19. The van der Waals surface area contributed by atoms with Crippen LogP contribution in [0.15, 0.2) is 30.6 Å². The fourth-order valence-corrected chi connectivity index (χ4v) is 2.01. The first-order valence-corrected chi connectivity index (χ1v) is 6.02. The van der Waals surface area contributed by atoms with Crippen LogP contribution in [0.5, 0.6) is 0 Å². The molecule has 6 nitrogen and oxygen atoms in total. The van der Waals surface area contributed by atoms with E-state index in [1.165, 1.54) is 0 Å². The zero-order valence-electron chi connectivity index (χ0n) is 10.3. The van der Waals surface area contributed by atoms with Crippen LogP contribution in [0.4, 0.5) is 5.82 Å². The van der Waals surface area contributed by atoms with Crippen molar-refractivity contribution < 1.29 is 9.53 Å². The smallest absolute Gasteiger partial charge is 0.227 e. The first-order chi connectivity index (χ1) is 9.15. The first-order valence-electron chi connectivity index (χ1n) is 6.02. The van der Waals surface area contributed by atoms with E-state index < -0.39 is 5.54 Å². The highest BCUT2D eigenvalue weighted by atomic mass is 16.5. The van der Waals surface area contributed by atoms with E-state index in [4.69, 9.17) is 10.5 Å². The number of carbonyl (C=O) groups is 1. The van der Waals surface area contributed by atoms with Gasteiger partial charge in [-0.15, -0.1) is 0 Å². The molecule has 0 atom stereocenters. The highest BCUT2D eigenvalue weighted by Gasteiger charge is 2.36. The topological polar surface area (TPSA) is 90.1 Å². The summed E-state index contributed by atoms with van der Waals surface area (Å²) in [6.45, 7) is 0.856. The van der Waals surface area contributed by atoms with E-state index in [0.29, 0.717) is 19.0 Å². The molecule has 1 fully saturated rings. The fraction of sp³-hybridized carbons (Fsp3) is 0.308. The molecule has 0 bridgehead atoms. The van der Waals surface area contributed by atoms with Crippen molar-refractivity contribution in [1.82, 2.24) is 9.97 Å². The van der Waals surface area contributed by atoms with Gasteiger partial charge in [0.2, 0.25) is 5.91 Å². The maximum absolute atomic E-state index is 11.9. The predicted octanol–water partition coefficient (Wildman–Crippen LogP) is 0.686. The van der Waals surface area contributed by atoms with E-state index in [1.807, 2.05) is 6.07 Å². The number of ether oxygens (including phenoxy) is 1. The van der Waals surface area contributed by atoms with Gasteiger partial charge in [0.25, 0.3) is 0 Å². The average molecular weight is 258 g/mol. The van der Waals surface area contributed by atoms with Crippen LogP contribution in [0.25, 0.3) is 10.9 Å². The zero-order valence-corrected chi connectivity index (χ0v) is 10.3. The van der Waals surface area contributed by atoms with Crippen LogP contribution < -0.4 is 11.1 Å². The van der Waals surface area contributed by atoms with Crippen LogP contribution in [-0.4, -0.2) is 34.6 Å². The van der Waals surface area contributed by atoms with Gasteiger partial charge in [0.1, 0.15) is 5.82 Å². The Morgan fingerprint density at radius 3 is 3.00 bits per heavy atom. The van der Waals surface area contributed by atoms with Gasteiger partial charge in [0.05, 0.1) is 24.3 Å². The molecule has 0 aromatic carbocycles. The lowest BCUT2D eigenvalue weighted by Crippen LogP contribution is -2.58. The Morgan fingerprint density at radius 1 is 1.42 bits per heavy atom. The normalized spacial score (nSPS) is 16.9. The lowest BCUT2D eigenvalue weighted by atomic mass is 9.94. The molecular weight excluding hydrogens is 244 g/mol. The molecule has 3 rings (SSSR count). The summed E-state index contributed by atoms with van der Waals surface area (Å²) in [5.41, 5.74) is 6.20. The van der Waals surface area contributed by atoms with Gasteiger partial charge in [0.15, 0.2) is 0 Å². The second-order valence-electron chi connectivity index (χ2n) is 4.84. The molecule has 1 saturated heterocycles. The van der Waals surface area contributed by atoms with Gasteiger partial charge in [0, 0.05) is 24.2 Å². The van der Waals surface area contributed by atoms with Gasteiger partial charge in [-0.05, 0) is 18.2 Å². The first kappa shape index (κ1) is 12.0. The number of nitrogens with zero attached hydrogens (tertiary/aromatic N) is 2. The number of anilines is 1. The number of fused-ring (bicyclic) bond motifs is 1. The molecule has 19 heavy (non-hydrogen) atoms. The Hall–Kier alpha value is -2.05. The summed E-state index contributed by atoms with van der Waals surface area (Å²) >= 11 is 0. The number of aromatic nitrogens is 2. The molecule has 0 spiro atoms. The number of pyridine rings is 2. The van der Waals surface area contributed by atoms with Crippen molar-refractivity contribution >= 4 is 22.6 Å². The third-order valence-electron chi connectivity index (χ3n) is 3.05. The standard InChI is InChI=1S/C13H14N4O2/c14-13(7-19-8-13)5-12(18)17-11-2-1-9-6-15-4-3-10(9)16-11/h1-4,6H,5,7-8,14H2,(H,16,17,18). The summed E-state index contributed by atoms with van der Waals surface area (Å²) in [6.07, 6.45) is 3.64. The monoisotopic (exact) mass is 258 g/mol. The van der Waals surface area contributed by atoms with Crippen molar-refractivity contribution in [2.24, 2.45) is 5.73 Å². The van der Waals surface area contributed by atoms with E-state index in [-0.39, 0.29) is 12.3 Å². The summed E-state index contributed by atoms with van der Waals surface area (Å²) in [5, 5.41) is 3.69. The Labute approximate surface area is 110 Å². The summed E-state index contributed by atoms with van der Waals surface area (Å²) in [5.74, 6) is 0.374. The summed E-state index contributed by atoms with van der Waals surface area (Å²) in [6, 6.07) is 5.42. The van der Waals surface area contributed by atoms with E-state index in [2.05, 4.69) is 15.3 Å². The SMILES string of the molecule is NC1(CC(=O)Nc2ccc3cnccc3n2)COC1. The molecule has 1 aliphatic heterocycles. The zero-order chi connectivity index (χ0) is 13.3. The van der Waals surface area contributed by atoms with Gasteiger partial charge in [-0.25, -0.2) is 4.98 Å². The van der Waals surface area contributed by atoms with Crippen LogP contribution in [0, 0.1) is 0 Å². The lowest BCUT2D eigenvalue weighted by molar-refractivity contribution is -0.123. The second-order valence-corrected chi connectivity index (χ2v) is 4.84. The maximum Gasteiger partial charge on any atom is 0.227 e. The van der Waals surface area contributed by atoms with Crippen LogP contribution in [0.1, 0.15) is 6.42 Å². The number of hydrogen-bond donors (Lipinski definition) is 2. The van der Waals surface area contributed by atoms with Gasteiger partial charge in [-0.3, -0.25) is 9.78 Å². The van der Waals surface area contributed by atoms with Gasteiger partial charge >= 0.3 is 0 Å². The molecule has 6 heteroatoms. The van der Waals surface area contributed by atoms with Crippen LogP contribution >= 0.6 is 0 Å². The number of carbonyl (C=O) groups excluding carboxylic acids is 1. The van der Waals surface area contributed by atoms with Crippen LogP contribution in [-0.2, 0) is 9.53 Å². The van der Waals surface area contributed by atoms with Crippen molar-refractivity contribution in [1.29, 1.82) is 0 Å². The fourth-order valence-electron chi connectivity index (χ4n) is 2.01. The molecule has 0 unspecified atom stereocenters. The van der Waals surface area contributed by atoms with E-state index in [1.54, 1.807) is 24.5 Å². The largest absolute Gasteiger partial charge is 0.377 e. The average Bonchev–Trinajstić information content (AvgIpc) is 2.36. The summed E-state index contributed by atoms with van der Waals surface area (Å²) in [7, 11) is 0. The molecule has 3 N–H and O–H groups in total. The maximum atomic E-state index is 11.9. The predicted molar refractivity (Wildman–Crippen MR) is 70.5 cm³/mol. The molecule has 0 aliphatic carbocycles. The summed E-state index contributed by atoms with van der Waals surface area (Å²) in [4.78, 5) is 20.2. The number of nitrogens with two attached hydrogens (primary N) is 1. The molecule has 0 radical (unpaired) electrons. The van der Waals surface area contributed by atoms with Crippen molar-refractivity contribution in [3.63, 3.8) is 0 Å². The minimum absolute atomic E-state index is 0.147. The van der Waals surface area contributed by atoms with E-state index in [9.17, 15) is 4.79 Å². The Balaban J connectivity index is 1.72. The quantitative estimate of drug-likeness (QED) is 0.845.